The molecule has 0 saturated carbocycles. The number of fused-ring (bicyclic) bond motifs is 1. The van der Waals surface area contributed by atoms with Crippen LogP contribution in [0.4, 0.5) is 0 Å². The molecule has 0 saturated heterocycles. The molecule has 3 aromatic carbocycles. The summed E-state index contributed by atoms with van der Waals surface area (Å²) in [4.78, 5) is 25.5. The van der Waals surface area contributed by atoms with Gasteiger partial charge in [0.25, 0.3) is 5.91 Å². The van der Waals surface area contributed by atoms with Gasteiger partial charge in [-0.2, -0.15) is 0 Å². The van der Waals surface area contributed by atoms with E-state index in [1.54, 1.807) is 10.9 Å². The number of aromatic nitrogens is 1. The average Bonchev–Trinajstić information content (AvgIpc) is 3.00. The van der Waals surface area contributed by atoms with Crippen LogP contribution in [0.5, 0.6) is 5.75 Å². The molecule has 1 unspecified atom stereocenters. The Bertz CT molecular complexity index is 1300. The standard InChI is InChI=1S/C28H25N3O3.ClH/c32-24-16-17-30-26(27(24)33)28(34)29-23(18-20-10-4-1-5-11-20)19-31(30)25(21-12-6-2-7-13-21)22-14-8-3-9-15-22;/h1-17,23,25,33H,18-19H2,(H,29,34);1H. The van der Waals surface area contributed by atoms with Crippen LogP contribution < -0.4 is 15.8 Å². The molecule has 0 bridgehead atoms. The summed E-state index contributed by atoms with van der Waals surface area (Å²) in [5.41, 5.74) is 2.52. The van der Waals surface area contributed by atoms with E-state index in [1.165, 1.54) is 6.07 Å². The third-order valence-corrected chi connectivity index (χ3v) is 6.14. The van der Waals surface area contributed by atoms with E-state index in [0.29, 0.717) is 13.0 Å². The van der Waals surface area contributed by atoms with E-state index in [4.69, 9.17) is 0 Å². The van der Waals surface area contributed by atoms with Gasteiger partial charge in [0.2, 0.25) is 5.43 Å². The van der Waals surface area contributed by atoms with Crippen LogP contribution in [0.3, 0.4) is 0 Å². The molecule has 7 heteroatoms. The summed E-state index contributed by atoms with van der Waals surface area (Å²) in [6.45, 7) is 0.463. The maximum atomic E-state index is 13.3. The molecule has 1 atom stereocenters. The second-order valence-corrected chi connectivity index (χ2v) is 8.43. The maximum absolute atomic E-state index is 13.3. The largest absolute Gasteiger partial charge is 0.502 e. The molecule has 6 nitrogen and oxygen atoms in total. The van der Waals surface area contributed by atoms with Gasteiger partial charge in [-0.05, 0) is 23.1 Å². The lowest BCUT2D eigenvalue weighted by Crippen LogP contribution is -2.46. The Labute approximate surface area is 209 Å². The highest BCUT2D eigenvalue weighted by Crippen LogP contribution is 2.30. The molecular weight excluding hydrogens is 462 g/mol. The van der Waals surface area contributed by atoms with Crippen LogP contribution in [-0.2, 0) is 6.42 Å². The minimum atomic E-state index is -0.584. The van der Waals surface area contributed by atoms with E-state index in [1.807, 2.05) is 96.0 Å². The zero-order chi connectivity index (χ0) is 23.5. The van der Waals surface area contributed by atoms with Crippen LogP contribution in [0.2, 0.25) is 0 Å². The first kappa shape index (κ1) is 24.1. The van der Waals surface area contributed by atoms with Crippen LogP contribution >= 0.6 is 12.4 Å². The molecule has 35 heavy (non-hydrogen) atoms. The van der Waals surface area contributed by atoms with Gasteiger partial charge in [-0.3, -0.25) is 19.3 Å². The first-order valence-electron chi connectivity index (χ1n) is 11.3. The zero-order valence-corrected chi connectivity index (χ0v) is 19.8. The SMILES string of the molecule is Cl.O=C1NC(Cc2ccccc2)CN(C(c2ccccc2)c2ccccc2)n2ccc(=O)c(O)c21. The molecule has 1 aliphatic heterocycles. The number of carbonyl (C=O) groups excluding carboxylic acids is 1. The first-order valence-corrected chi connectivity index (χ1v) is 11.3. The van der Waals surface area contributed by atoms with E-state index in [2.05, 4.69) is 5.32 Å². The average molecular weight is 488 g/mol. The number of pyridine rings is 1. The topological polar surface area (TPSA) is 74.6 Å². The molecule has 0 fully saturated rings. The van der Waals surface area contributed by atoms with Gasteiger partial charge in [0.05, 0.1) is 18.6 Å². The first-order chi connectivity index (χ1) is 16.6. The van der Waals surface area contributed by atoms with Crippen molar-refractivity contribution >= 4 is 18.3 Å². The fourth-order valence-electron chi connectivity index (χ4n) is 4.61. The van der Waals surface area contributed by atoms with Crippen molar-refractivity contribution in [1.29, 1.82) is 0 Å². The van der Waals surface area contributed by atoms with Crippen molar-refractivity contribution in [1.82, 2.24) is 9.99 Å². The van der Waals surface area contributed by atoms with Gasteiger partial charge in [-0.15, -0.1) is 12.4 Å². The summed E-state index contributed by atoms with van der Waals surface area (Å²) < 4.78 is 1.63. The third kappa shape index (κ3) is 4.93. The highest BCUT2D eigenvalue weighted by Gasteiger charge is 2.33. The number of nitrogens with one attached hydrogen (secondary N) is 1. The molecule has 1 amide bonds. The zero-order valence-electron chi connectivity index (χ0n) is 19.0. The van der Waals surface area contributed by atoms with Crippen molar-refractivity contribution in [3.63, 3.8) is 0 Å². The molecular formula is C28H26ClN3O3. The van der Waals surface area contributed by atoms with Gasteiger partial charge >= 0.3 is 0 Å². The van der Waals surface area contributed by atoms with Crippen LogP contribution in [-0.4, -0.2) is 28.3 Å². The van der Waals surface area contributed by atoms with Crippen molar-refractivity contribution in [2.75, 3.05) is 11.6 Å². The Morgan fingerprint density at radius 1 is 0.829 bits per heavy atom. The normalized spacial score (nSPS) is 15.1. The molecule has 1 aliphatic rings. The number of nitrogens with zero attached hydrogens (tertiary/aromatic N) is 2. The van der Waals surface area contributed by atoms with Gasteiger partial charge in [0, 0.05) is 12.3 Å². The smallest absolute Gasteiger partial charge is 0.274 e. The number of aromatic hydroxyl groups is 1. The molecule has 2 heterocycles. The number of amides is 1. The van der Waals surface area contributed by atoms with Crippen LogP contribution in [0.15, 0.2) is 108 Å². The van der Waals surface area contributed by atoms with Crippen LogP contribution in [0.1, 0.15) is 33.2 Å². The number of hydrogen-bond acceptors (Lipinski definition) is 4. The third-order valence-electron chi connectivity index (χ3n) is 6.14. The highest BCUT2D eigenvalue weighted by atomic mass is 35.5. The Morgan fingerprint density at radius 3 is 1.94 bits per heavy atom. The second kappa shape index (κ2) is 10.5. The molecule has 4 aromatic rings. The lowest BCUT2D eigenvalue weighted by molar-refractivity contribution is 0.0933. The van der Waals surface area contributed by atoms with Crippen LogP contribution in [0, 0.1) is 0 Å². The molecule has 178 valence electrons. The fraction of sp³-hybridized carbons (Fsp3) is 0.143. The summed E-state index contributed by atoms with van der Waals surface area (Å²) in [5, 5.41) is 15.7. The van der Waals surface area contributed by atoms with Crippen molar-refractivity contribution in [2.45, 2.75) is 18.5 Å². The number of hydrogen-bond donors (Lipinski definition) is 2. The van der Waals surface area contributed by atoms with Gasteiger partial charge in [-0.1, -0.05) is 91.0 Å². The Morgan fingerprint density at radius 2 is 1.37 bits per heavy atom. The predicted molar refractivity (Wildman–Crippen MR) is 139 cm³/mol. The van der Waals surface area contributed by atoms with E-state index < -0.39 is 17.1 Å². The monoisotopic (exact) mass is 487 g/mol. The van der Waals surface area contributed by atoms with E-state index in [9.17, 15) is 14.7 Å². The van der Waals surface area contributed by atoms with E-state index >= 15 is 0 Å². The Kier molecular flexibility index (Phi) is 7.22. The summed E-state index contributed by atoms with van der Waals surface area (Å²) in [6, 6.07) is 30.8. The summed E-state index contributed by atoms with van der Waals surface area (Å²) in [6.07, 6.45) is 2.18. The minimum Gasteiger partial charge on any atom is -0.502 e. The quantitative estimate of drug-likeness (QED) is 0.445. The molecule has 0 radical (unpaired) electrons. The van der Waals surface area contributed by atoms with Crippen molar-refractivity contribution in [3.8, 4) is 5.75 Å². The molecule has 0 aliphatic carbocycles. The van der Waals surface area contributed by atoms with Gasteiger partial charge in [0.15, 0.2) is 11.4 Å². The van der Waals surface area contributed by atoms with E-state index in [-0.39, 0.29) is 30.2 Å². The number of rotatable bonds is 5. The van der Waals surface area contributed by atoms with E-state index in [0.717, 1.165) is 16.7 Å². The number of benzene rings is 3. The highest BCUT2D eigenvalue weighted by molar-refractivity contribution is 5.95. The Hall–Kier alpha value is -4.03. The second-order valence-electron chi connectivity index (χ2n) is 8.43. The van der Waals surface area contributed by atoms with Crippen molar-refractivity contribution < 1.29 is 9.90 Å². The fourth-order valence-corrected chi connectivity index (χ4v) is 4.61. The minimum absolute atomic E-state index is 0. The van der Waals surface area contributed by atoms with Gasteiger partial charge in [0.1, 0.15) is 0 Å². The molecule has 1 aromatic heterocycles. The Balaban J connectivity index is 0.00000289. The summed E-state index contributed by atoms with van der Waals surface area (Å²) >= 11 is 0. The number of halogens is 1. The molecule has 0 spiro atoms. The number of carbonyl (C=O) groups is 1. The summed E-state index contributed by atoms with van der Waals surface area (Å²) in [5.74, 6) is -1.02. The van der Waals surface area contributed by atoms with Crippen molar-refractivity contribution in [2.24, 2.45) is 0 Å². The van der Waals surface area contributed by atoms with Gasteiger partial charge < -0.3 is 10.4 Å². The molecule has 2 N–H and O–H groups in total. The summed E-state index contributed by atoms with van der Waals surface area (Å²) in [7, 11) is 0. The lowest BCUT2D eigenvalue weighted by Gasteiger charge is -2.37. The van der Waals surface area contributed by atoms with Crippen molar-refractivity contribution in [3.05, 3.63) is 136 Å². The maximum Gasteiger partial charge on any atom is 0.274 e. The lowest BCUT2D eigenvalue weighted by atomic mass is 9.97. The molecule has 5 rings (SSSR count). The van der Waals surface area contributed by atoms with Gasteiger partial charge in [-0.25, -0.2) is 0 Å². The van der Waals surface area contributed by atoms with Crippen LogP contribution in [0.25, 0.3) is 0 Å². The predicted octanol–water partition coefficient (Wildman–Crippen LogP) is 4.06.